The Balaban J connectivity index is 1.76. The van der Waals surface area contributed by atoms with Gasteiger partial charge in [-0.05, 0) is 60.8 Å². The van der Waals surface area contributed by atoms with E-state index in [0.29, 0.717) is 23.0 Å². The fourth-order valence-corrected chi connectivity index (χ4v) is 3.92. The Morgan fingerprint density at radius 2 is 1.79 bits per heavy atom. The molecule has 0 aliphatic carbocycles. The summed E-state index contributed by atoms with van der Waals surface area (Å²) in [7, 11) is 1.82. The van der Waals surface area contributed by atoms with Crippen LogP contribution in [0.2, 0.25) is 0 Å². The van der Waals surface area contributed by atoms with Crippen molar-refractivity contribution in [3.05, 3.63) is 70.9 Å². The van der Waals surface area contributed by atoms with Crippen LogP contribution in [0.3, 0.4) is 0 Å². The predicted molar refractivity (Wildman–Crippen MR) is 140 cm³/mol. The SMILES string of the molecule is CCc1ccccc1NC(=O)Nc1ccc(C2NC(=S)N(C)C(C)=C2C(=O)OCC(C)C)cc1. The van der Waals surface area contributed by atoms with Gasteiger partial charge in [0, 0.05) is 24.1 Å². The molecule has 3 rings (SSSR count). The third-order valence-electron chi connectivity index (χ3n) is 5.67. The second kappa shape index (κ2) is 11.2. The molecular weight excluding hydrogens is 448 g/mol. The zero-order valence-electron chi connectivity index (χ0n) is 20.3. The summed E-state index contributed by atoms with van der Waals surface area (Å²) in [6.45, 7) is 8.24. The number of nitrogens with one attached hydrogen (secondary N) is 3. The van der Waals surface area contributed by atoms with E-state index in [-0.39, 0.29) is 17.9 Å². The van der Waals surface area contributed by atoms with Crippen molar-refractivity contribution >= 4 is 40.7 Å². The van der Waals surface area contributed by atoms with Crippen molar-refractivity contribution in [2.24, 2.45) is 5.92 Å². The molecule has 1 aliphatic heterocycles. The van der Waals surface area contributed by atoms with Crippen molar-refractivity contribution in [1.29, 1.82) is 0 Å². The summed E-state index contributed by atoms with van der Waals surface area (Å²) in [5, 5.41) is 9.51. The van der Waals surface area contributed by atoms with Gasteiger partial charge >= 0.3 is 12.0 Å². The number of carbonyl (C=O) groups is 2. The van der Waals surface area contributed by atoms with Crippen LogP contribution < -0.4 is 16.0 Å². The number of urea groups is 1. The van der Waals surface area contributed by atoms with Crippen molar-refractivity contribution in [3.8, 4) is 0 Å². The number of nitrogens with zero attached hydrogens (tertiary/aromatic N) is 1. The lowest BCUT2D eigenvalue weighted by molar-refractivity contribution is -0.140. The Labute approximate surface area is 206 Å². The topological polar surface area (TPSA) is 82.7 Å². The summed E-state index contributed by atoms with van der Waals surface area (Å²) < 4.78 is 5.53. The molecule has 34 heavy (non-hydrogen) atoms. The van der Waals surface area contributed by atoms with Crippen LogP contribution in [-0.4, -0.2) is 35.7 Å². The van der Waals surface area contributed by atoms with Gasteiger partial charge in [0.1, 0.15) is 0 Å². The quantitative estimate of drug-likeness (QED) is 0.372. The minimum absolute atomic E-state index is 0.236. The van der Waals surface area contributed by atoms with Crippen molar-refractivity contribution in [2.75, 3.05) is 24.3 Å². The highest BCUT2D eigenvalue weighted by Crippen LogP contribution is 2.31. The summed E-state index contributed by atoms with van der Waals surface area (Å²) in [6, 6.07) is 14.3. The van der Waals surface area contributed by atoms with Crippen LogP contribution >= 0.6 is 12.2 Å². The molecule has 1 aliphatic rings. The highest BCUT2D eigenvalue weighted by molar-refractivity contribution is 7.80. The predicted octanol–water partition coefficient (Wildman–Crippen LogP) is 5.23. The number of amides is 2. The minimum atomic E-state index is -0.442. The molecule has 0 radical (unpaired) electrons. The third kappa shape index (κ3) is 5.94. The Morgan fingerprint density at radius 3 is 2.44 bits per heavy atom. The lowest BCUT2D eigenvalue weighted by Gasteiger charge is -2.35. The normalized spacial score (nSPS) is 15.8. The zero-order chi connectivity index (χ0) is 24.8. The van der Waals surface area contributed by atoms with E-state index < -0.39 is 6.04 Å². The van der Waals surface area contributed by atoms with E-state index in [2.05, 4.69) is 16.0 Å². The van der Waals surface area contributed by atoms with Crippen LogP contribution in [0.1, 0.15) is 44.9 Å². The van der Waals surface area contributed by atoms with Gasteiger partial charge < -0.3 is 25.6 Å². The number of hydrogen-bond donors (Lipinski definition) is 3. The number of aryl methyl sites for hydroxylation is 1. The Kier molecular flexibility index (Phi) is 8.28. The summed E-state index contributed by atoms with van der Waals surface area (Å²) >= 11 is 5.46. The molecule has 0 saturated carbocycles. The molecular formula is C26H32N4O3S. The number of benzene rings is 2. The number of para-hydroxylation sites is 1. The smallest absolute Gasteiger partial charge is 0.338 e. The number of rotatable bonds is 7. The highest BCUT2D eigenvalue weighted by atomic mass is 32.1. The number of carbonyl (C=O) groups excluding carboxylic acids is 2. The summed E-state index contributed by atoms with van der Waals surface area (Å²) in [6.07, 6.45) is 0.825. The second-order valence-electron chi connectivity index (χ2n) is 8.64. The molecule has 2 aromatic rings. The van der Waals surface area contributed by atoms with Gasteiger partial charge in [0.05, 0.1) is 18.2 Å². The minimum Gasteiger partial charge on any atom is -0.462 e. The first-order valence-corrected chi connectivity index (χ1v) is 11.8. The highest BCUT2D eigenvalue weighted by Gasteiger charge is 2.33. The summed E-state index contributed by atoms with van der Waals surface area (Å²) in [4.78, 5) is 27.2. The molecule has 8 heteroatoms. The Bertz CT molecular complexity index is 1100. The number of hydrogen-bond acceptors (Lipinski definition) is 4. The average Bonchev–Trinajstić information content (AvgIpc) is 2.81. The Morgan fingerprint density at radius 1 is 1.12 bits per heavy atom. The number of allylic oxidation sites excluding steroid dienone is 1. The standard InChI is InChI=1S/C26H32N4O3S/c1-6-18-9-7-8-10-21(18)28-25(32)27-20-13-11-19(12-14-20)23-22(24(31)33-15-16(2)3)17(4)30(5)26(34)29-23/h7-14,16,23H,6,15H2,1-5H3,(H,29,34)(H2,27,28,32). The molecule has 180 valence electrons. The van der Waals surface area contributed by atoms with Gasteiger partial charge in [0.2, 0.25) is 0 Å². The van der Waals surface area contributed by atoms with Crippen LogP contribution in [0.15, 0.2) is 59.8 Å². The maximum absolute atomic E-state index is 12.9. The van der Waals surface area contributed by atoms with Crippen LogP contribution in [0.25, 0.3) is 0 Å². The lowest BCUT2D eigenvalue weighted by atomic mass is 9.95. The van der Waals surface area contributed by atoms with E-state index in [0.717, 1.165) is 28.9 Å². The molecule has 0 saturated heterocycles. The molecule has 2 amide bonds. The largest absolute Gasteiger partial charge is 0.462 e. The van der Waals surface area contributed by atoms with Crippen LogP contribution in [0.4, 0.5) is 16.2 Å². The van der Waals surface area contributed by atoms with Crippen molar-refractivity contribution in [2.45, 2.75) is 40.2 Å². The van der Waals surface area contributed by atoms with Crippen LogP contribution in [-0.2, 0) is 16.0 Å². The maximum atomic E-state index is 12.9. The zero-order valence-corrected chi connectivity index (χ0v) is 21.1. The molecule has 7 nitrogen and oxygen atoms in total. The first-order valence-electron chi connectivity index (χ1n) is 11.4. The van der Waals surface area contributed by atoms with Gasteiger partial charge in [-0.1, -0.05) is 51.1 Å². The number of esters is 1. The van der Waals surface area contributed by atoms with Gasteiger partial charge in [-0.3, -0.25) is 0 Å². The number of ether oxygens (including phenoxy) is 1. The summed E-state index contributed by atoms with van der Waals surface area (Å²) in [5.41, 5.74) is 4.60. The molecule has 0 bridgehead atoms. The van der Waals surface area contributed by atoms with E-state index >= 15 is 0 Å². The molecule has 0 spiro atoms. The van der Waals surface area contributed by atoms with E-state index in [4.69, 9.17) is 17.0 Å². The van der Waals surface area contributed by atoms with Crippen LogP contribution in [0, 0.1) is 5.92 Å². The molecule has 0 fully saturated rings. The van der Waals surface area contributed by atoms with Gasteiger partial charge in [0.25, 0.3) is 0 Å². The molecule has 1 unspecified atom stereocenters. The number of anilines is 2. The lowest BCUT2D eigenvalue weighted by Crippen LogP contribution is -2.46. The van der Waals surface area contributed by atoms with Gasteiger partial charge in [-0.2, -0.15) is 0 Å². The monoisotopic (exact) mass is 480 g/mol. The first-order chi connectivity index (χ1) is 16.2. The number of thiocarbonyl (C=S) groups is 1. The van der Waals surface area contributed by atoms with Crippen LogP contribution in [0.5, 0.6) is 0 Å². The van der Waals surface area contributed by atoms with Gasteiger partial charge in [0.15, 0.2) is 5.11 Å². The fraction of sp³-hybridized carbons (Fsp3) is 0.346. The average molecular weight is 481 g/mol. The van der Waals surface area contributed by atoms with E-state index in [1.807, 2.05) is 71.1 Å². The van der Waals surface area contributed by atoms with Crippen molar-refractivity contribution in [3.63, 3.8) is 0 Å². The van der Waals surface area contributed by atoms with E-state index in [1.54, 1.807) is 17.0 Å². The molecule has 2 aromatic carbocycles. The summed E-state index contributed by atoms with van der Waals surface area (Å²) in [5.74, 6) is -0.131. The second-order valence-corrected chi connectivity index (χ2v) is 9.03. The van der Waals surface area contributed by atoms with Crippen molar-refractivity contribution < 1.29 is 14.3 Å². The molecule has 1 heterocycles. The van der Waals surface area contributed by atoms with Gasteiger partial charge in [-0.15, -0.1) is 0 Å². The third-order valence-corrected chi connectivity index (χ3v) is 6.06. The molecule has 0 aromatic heterocycles. The van der Waals surface area contributed by atoms with Crippen molar-refractivity contribution in [1.82, 2.24) is 10.2 Å². The Hall–Kier alpha value is -3.39. The van der Waals surface area contributed by atoms with E-state index in [1.165, 1.54) is 0 Å². The first kappa shape index (κ1) is 25.2. The van der Waals surface area contributed by atoms with Gasteiger partial charge in [-0.25, -0.2) is 9.59 Å². The molecule has 1 atom stereocenters. The van der Waals surface area contributed by atoms with E-state index in [9.17, 15) is 9.59 Å². The fourth-order valence-electron chi connectivity index (χ4n) is 3.66. The molecule has 3 N–H and O–H groups in total. The maximum Gasteiger partial charge on any atom is 0.338 e.